The van der Waals surface area contributed by atoms with E-state index in [0.29, 0.717) is 0 Å². The van der Waals surface area contributed by atoms with Crippen LogP contribution in [0, 0.1) is 12.8 Å². The van der Waals surface area contributed by atoms with Gasteiger partial charge in [0, 0.05) is 24.8 Å². The molecule has 0 saturated heterocycles. The topological polar surface area (TPSA) is 42.2 Å². The van der Waals surface area contributed by atoms with Crippen LogP contribution in [0.3, 0.4) is 0 Å². The first-order chi connectivity index (χ1) is 9.07. The van der Waals surface area contributed by atoms with Gasteiger partial charge in [-0.3, -0.25) is 9.88 Å². The van der Waals surface area contributed by atoms with E-state index in [2.05, 4.69) is 36.8 Å². The fourth-order valence-corrected chi connectivity index (χ4v) is 3.12. The molecule has 2 rings (SSSR count). The fraction of sp³-hybridized carbons (Fsp3) is 0.688. The second kappa shape index (κ2) is 6.02. The molecule has 1 aliphatic rings. The van der Waals surface area contributed by atoms with Gasteiger partial charge in [0.05, 0.1) is 5.69 Å². The molecule has 19 heavy (non-hydrogen) atoms. The summed E-state index contributed by atoms with van der Waals surface area (Å²) in [4.78, 5) is 6.95. The van der Waals surface area contributed by atoms with Gasteiger partial charge in [-0.1, -0.05) is 13.0 Å². The molecule has 3 nitrogen and oxygen atoms in total. The second-order valence-corrected chi connectivity index (χ2v) is 6.23. The molecule has 106 valence electrons. The summed E-state index contributed by atoms with van der Waals surface area (Å²) in [5, 5.41) is 0. The lowest BCUT2D eigenvalue weighted by atomic mass is 9.76. The summed E-state index contributed by atoms with van der Waals surface area (Å²) in [6.07, 6.45) is 6.90. The van der Waals surface area contributed by atoms with Crippen molar-refractivity contribution in [2.24, 2.45) is 11.7 Å². The Labute approximate surface area is 117 Å². The van der Waals surface area contributed by atoms with Crippen molar-refractivity contribution in [1.29, 1.82) is 0 Å². The molecule has 1 saturated carbocycles. The van der Waals surface area contributed by atoms with E-state index in [9.17, 15) is 0 Å². The van der Waals surface area contributed by atoms with Gasteiger partial charge in [0.2, 0.25) is 0 Å². The SMILES string of the molecule is Cc1cccnc1CN(C)C1(CN)CCC(C)CC1. The van der Waals surface area contributed by atoms with E-state index in [1.807, 2.05) is 12.3 Å². The zero-order chi connectivity index (χ0) is 13.9. The Balaban J connectivity index is 2.09. The summed E-state index contributed by atoms with van der Waals surface area (Å²) in [5.41, 5.74) is 8.74. The summed E-state index contributed by atoms with van der Waals surface area (Å²) < 4.78 is 0. The summed E-state index contributed by atoms with van der Waals surface area (Å²) in [5.74, 6) is 0.852. The van der Waals surface area contributed by atoms with Gasteiger partial charge in [-0.05, 0) is 57.2 Å². The van der Waals surface area contributed by atoms with Gasteiger partial charge < -0.3 is 5.73 Å². The van der Waals surface area contributed by atoms with Crippen LogP contribution in [0.5, 0.6) is 0 Å². The molecule has 0 bridgehead atoms. The predicted molar refractivity (Wildman–Crippen MR) is 79.9 cm³/mol. The van der Waals surface area contributed by atoms with Crippen molar-refractivity contribution >= 4 is 0 Å². The maximum Gasteiger partial charge on any atom is 0.0573 e. The number of rotatable bonds is 4. The molecule has 3 heteroatoms. The largest absolute Gasteiger partial charge is 0.329 e. The lowest BCUT2D eigenvalue weighted by Gasteiger charge is -2.45. The highest BCUT2D eigenvalue weighted by molar-refractivity contribution is 5.18. The van der Waals surface area contributed by atoms with Gasteiger partial charge in [0.25, 0.3) is 0 Å². The number of nitrogens with two attached hydrogens (primary N) is 1. The summed E-state index contributed by atoms with van der Waals surface area (Å²) in [7, 11) is 2.21. The monoisotopic (exact) mass is 261 g/mol. The second-order valence-electron chi connectivity index (χ2n) is 6.23. The smallest absolute Gasteiger partial charge is 0.0573 e. The molecular formula is C16H27N3. The summed E-state index contributed by atoms with van der Waals surface area (Å²) in [6.45, 7) is 6.14. The van der Waals surface area contributed by atoms with Crippen LogP contribution in [-0.4, -0.2) is 29.0 Å². The molecule has 0 unspecified atom stereocenters. The van der Waals surface area contributed by atoms with E-state index in [4.69, 9.17) is 5.73 Å². The molecule has 1 aliphatic carbocycles. The first kappa shape index (κ1) is 14.5. The molecule has 1 aromatic rings. The summed E-state index contributed by atoms with van der Waals surface area (Å²) in [6, 6.07) is 4.13. The third-order valence-electron chi connectivity index (χ3n) is 4.90. The highest BCUT2D eigenvalue weighted by Gasteiger charge is 2.36. The third kappa shape index (κ3) is 3.15. The van der Waals surface area contributed by atoms with Gasteiger partial charge in [0.1, 0.15) is 0 Å². The molecule has 1 aromatic heterocycles. The van der Waals surface area contributed by atoms with Crippen LogP contribution in [0.25, 0.3) is 0 Å². The minimum Gasteiger partial charge on any atom is -0.329 e. The Morgan fingerprint density at radius 1 is 1.42 bits per heavy atom. The number of pyridine rings is 1. The standard InChI is InChI=1S/C16H27N3/c1-13-6-8-16(12-17,9-7-13)19(3)11-15-14(2)5-4-10-18-15/h4-5,10,13H,6-9,11-12,17H2,1-3H3. The molecule has 1 heterocycles. The number of hydrogen-bond donors (Lipinski definition) is 1. The van der Waals surface area contributed by atoms with Crippen molar-refractivity contribution in [3.05, 3.63) is 29.6 Å². The Hall–Kier alpha value is -0.930. The van der Waals surface area contributed by atoms with Crippen molar-refractivity contribution < 1.29 is 0 Å². The molecule has 0 aromatic carbocycles. The molecule has 0 amide bonds. The number of nitrogens with zero attached hydrogens (tertiary/aromatic N) is 2. The first-order valence-electron chi connectivity index (χ1n) is 7.39. The normalized spacial score (nSPS) is 27.7. The van der Waals surface area contributed by atoms with Crippen LogP contribution >= 0.6 is 0 Å². The highest BCUT2D eigenvalue weighted by atomic mass is 15.2. The van der Waals surface area contributed by atoms with Crippen molar-refractivity contribution in [1.82, 2.24) is 9.88 Å². The van der Waals surface area contributed by atoms with E-state index in [-0.39, 0.29) is 5.54 Å². The van der Waals surface area contributed by atoms with Crippen molar-refractivity contribution in [2.75, 3.05) is 13.6 Å². The zero-order valence-corrected chi connectivity index (χ0v) is 12.5. The van der Waals surface area contributed by atoms with Crippen molar-refractivity contribution in [3.63, 3.8) is 0 Å². The van der Waals surface area contributed by atoms with E-state index in [0.717, 1.165) is 19.0 Å². The third-order valence-corrected chi connectivity index (χ3v) is 4.90. The maximum atomic E-state index is 6.11. The van der Waals surface area contributed by atoms with Crippen LogP contribution in [0.1, 0.15) is 43.9 Å². The molecule has 0 spiro atoms. The number of aryl methyl sites for hydroxylation is 1. The van der Waals surface area contributed by atoms with Gasteiger partial charge in [0.15, 0.2) is 0 Å². The number of likely N-dealkylation sites (N-methyl/N-ethyl adjacent to an activating group) is 1. The lowest BCUT2D eigenvalue weighted by Crippen LogP contribution is -2.53. The first-order valence-corrected chi connectivity index (χ1v) is 7.39. The molecule has 0 radical (unpaired) electrons. The summed E-state index contributed by atoms with van der Waals surface area (Å²) >= 11 is 0. The quantitative estimate of drug-likeness (QED) is 0.906. The number of aromatic nitrogens is 1. The molecule has 0 aliphatic heterocycles. The van der Waals surface area contributed by atoms with Crippen LogP contribution < -0.4 is 5.73 Å². The lowest BCUT2D eigenvalue weighted by molar-refractivity contribution is 0.0604. The van der Waals surface area contributed by atoms with E-state index < -0.39 is 0 Å². The van der Waals surface area contributed by atoms with E-state index in [1.54, 1.807) is 0 Å². The minimum atomic E-state index is 0.177. The molecular weight excluding hydrogens is 234 g/mol. The molecule has 2 N–H and O–H groups in total. The van der Waals surface area contributed by atoms with Crippen LogP contribution in [0.2, 0.25) is 0 Å². The van der Waals surface area contributed by atoms with Crippen molar-refractivity contribution in [3.8, 4) is 0 Å². The van der Waals surface area contributed by atoms with Gasteiger partial charge in [-0.2, -0.15) is 0 Å². The van der Waals surface area contributed by atoms with Crippen molar-refractivity contribution in [2.45, 2.75) is 51.6 Å². The number of hydrogen-bond acceptors (Lipinski definition) is 3. The van der Waals surface area contributed by atoms with Gasteiger partial charge in [-0.15, -0.1) is 0 Å². The Bertz CT molecular complexity index is 408. The fourth-order valence-electron chi connectivity index (χ4n) is 3.12. The highest BCUT2D eigenvalue weighted by Crippen LogP contribution is 2.35. The minimum absolute atomic E-state index is 0.177. The van der Waals surface area contributed by atoms with Gasteiger partial charge in [-0.25, -0.2) is 0 Å². The molecule has 1 fully saturated rings. The van der Waals surface area contributed by atoms with Gasteiger partial charge >= 0.3 is 0 Å². The maximum absolute atomic E-state index is 6.11. The Morgan fingerprint density at radius 2 is 2.11 bits per heavy atom. The van der Waals surface area contributed by atoms with Crippen LogP contribution in [0.15, 0.2) is 18.3 Å². The zero-order valence-electron chi connectivity index (χ0n) is 12.5. The van der Waals surface area contributed by atoms with Crippen LogP contribution in [0.4, 0.5) is 0 Å². The average molecular weight is 261 g/mol. The predicted octanol–water partition coefficient (Wildman–Crippen LogP) is 2.73. The average Bonchev–Trinajstić information content (AvgIpc) is 2.42. The Kier molecular flexibility index (Phi) is 4.58. The van der Waals surface area contributed by atoms with E-state index >= 15 is 0 Å². The van der Waals surface area contributed by atoms with E-state index in [1.165, 1.54) is 36.9 Å². The Morgan fingerprint density at radius 3 is 2.68 bits per heavy atom. The van der Waals surface area contributed by atoms with Crippen LogP contribution in [-0.2, 0) is 6.54 Å². The molecule has 0 atom stereocenters.